The molecule has 1 aromatic carbocycles. The minimum absolute atomic E-state index is 0.271. The highest BCUT2D eigenvalue weighted by molar-refractivity contribution is 5.95. The van der Waals surface area contributed by atoms with Gasteiger partial charge in [0.15, 0.2) is 0 Å². The molecule has 1 saturated heterocycles. The molecule has 1 amide bonds. The summed E-state index contributed by atoms with van der Waals surface area (Å²) in [6.07, 6.45) is -0.534. The Balaban J connectivity index is 2.06. The van der Waals surface area contributed by atoms with Crippen LogP contribution < -0.4 is 15.4 Å². The molecule has 0 aliphatic carbocycles. The summed E-state index contributed by atoms with van der Waals surface area (Å²) in [6, 6.07) is 3.94. The lowest BCUT2D eigenvalue weighted by Gasteiger charge is -2.23. The third-order valence-corrected chi connectivity index (χ3v) is 2.64. The second kappa shape index (κ2) is 5.79. The average Bonchev–Trinajstić information content (AvgIpc) is 2.41. The van der Waals surface area contributed by atoms with Crippen molar-refractivity contribution in [3.8, 4) is 5.75 Å². The number of hydrogen-bond acceptors (Lipinski definition) is 4. The van der Waals surface area contributed by atoms with Gasteiger partial charge in [-0.2, -0.15) is 0 Å². The number of benzene rings is 1. The molecule has 2 rings (SSSR count). The van der Waals surface area contributed by atoms with Crippen molar-refractivity contribution >= 4 is 11.6 Å². The standard InChI is InChI=1S/C12H15FN2O3/c1-17-10-6-8(13)2-3-9(10)15-12(16)11-7-14-4-5-18-11/h2-3,6,11,14H,4-5,7H2,1H3,(H,15,16). The van der Waals surface area contributed by atoms with Crippen LogP contribution in [-0.2, 0) is 9.53 Å². The van der Waals surface area contributed by atoms with Crippen molar-refractivity contribution < 1.29 is 18.7 Å². The largest absolute Gasteiger partial charge is 0.494 e. The van der Waals surface area contributed by atoms with Gasteiger partial charge in [-0.15, -0.1) is 0 Å². The molecule has 0 bridgehead atoms. The second-order valence-corrected chi connectivity index (χ2v) is 3.90. The zero-order valence-corrected chi connectivity index (χ0v) is 10.0. The summed E-state index contributed by atoms with van der Waals surface area (Å²) in [5.74, 6) is -0.403. The first kappa shape index (κ1) is 12.8. The number of halogens is 1. The molecule has 1 atom stereocenters. The first-order valence-electron chi connectivity index (χ1n) is 5.67. The number of carbonyl (C=O) groups excluding carboxylic acids is 1. The highest BCUT2D eigenvalue weighted by atomic mass is 19.1. The molecule has 6 heteroatoms. The van der Waals surface area contributed by atoms with Crippen LogP contribution in [0.5, 0.6) is 5.75 Å². The first-order valence-corrected chi connectivity index (χ1v) is 5.67. The van der Waals surface area contributed by atoms with Crippen molar-refractivity contribution in [2.75, 3.05) is 32.1 Å². The number of rotatable bonds is 3. The van der Waals surface area contributed by atoms with E-state index in [1.165, 1.54) is 25.3 Å². The van der Waals surface area contributed by atoms with Crippen molar-refractivity contribution in [1.29, 1.82) is 0 Å². The fraction of sp³-hybridized carbons (Fsp3) is 0.417. The lowest BCUT2D eigenvalue weighted by atomic mass is 10.2. The molecule has 1 aliphatic rings. The van der Waals surface area contributed by atoms with E-state index in [0.717, 1.165) is 6.54 Å². The molecular formula is C12H15FN2O3. The van der Waals surface area contributed by atoms with Gasteiger partial charge in [0.05, 0.1) is 19.4 Å². The smallest absolute Gasteiger partial charge is 0.254 e. The monoisotopic (exact) mass is 254 g/mol. The minimum atomic E-state index is -0.534. The summed E-state index contributed by atoms with van der Waals surface area (Å²) in [5, 5.41) is 5.72. The molecule has 0 saturated carbocycles. The summed E-state index contributed by atoms with van der Waals surface area (Å²) in [6.45, 7) is 1.71. The molecule has 0 aromatic heterocycles. The molecule has 1 aromatic rings. The van der Waals surface area contributed by atoms with E-state index in [1.807, 2.05) is 0 Å². The summed E-state index contributed by atoms with van der Waals surface area (Å²) >= 11 is 0. The number of amides is 1. The van der Waals surface area contributed by atoms with Crippen LogP contribution in [0.15, 0.2) is 18.2 Å². The lowest BCUT2D eigenvalue weighted by Crippen LogP contribution is -2.45. The van der Waals surface area contributed by atoms with Gasteiger partial charge in [-0.05, 0) is 12.1 Å². The van der Waals surface area contributed by atoms with Gasteiger partial charge in [0.25, 0.3) is 5.91 Å². The van der Waals surface area contributed by atoms with Crippen LogP contribution >= 0.6 is 0 Å². The fourth-order valence-corrected chi connectivity index (χ4v) is 1.72. The van der Waals surface area contributed by atoms with E-state index in [0.29, 0.717) is 18.8 Å². The number of carbonyl (C=O) groups is 1. The van der Waals surface area contributed by atoms with Gasteiger partial charge in [-0.25, -0.2) is 4.39 Å². The van der Waals surface area contributed by atoms with Gasteiger partial charge < -0.3 is 20.1 Å². The Morgan fingerprint density at radius 3 is 3.11 bits per heavy atom. The maximum Gasteiger partial charge on any atom is 0.254 e. The van der Waals surface area contributed by atoms with Crippen LogP contribution in [0.25, 0.3) is 0 Å². The zero-order chi connectivity index (χ0) is 13.0. The third-order valence-electron chi connectivity index (χ3n) is 2.64. The third kappa shape index (κ3) is 2.96. The van der Waals surface area contributed by atoms with Crippen molar-refractivity contribution in [3.63, 3.8) is 0 Å². The Bertz CT molecular complexity index is 433. The summed E-state index contributed by atoms with van der Waals surface area (Å²) in [7, 11) is 1.42. The molecule has 0 radical (unpaired) electrons. The lowest BCUT2D eigenvalue weighted by molar-refractivity contribution is -0.128. The minimum Gasteiger partial charge on any atom is -0.494 e. The Morgan fingerprint density at radius 1 is 1.61 bits per heavy atom. The number of anilines is 1. The Labute approximate surface area is 104 Å². The molecule has 98 valence electrons. The fourth-order valence-electron chi connectivity index (χ4n) is 1.72. The predicted octanol–water partition coefficient (Wildman–Crippen LogP) is 0.761. The Morgan fingerprint density at radius 2 is 2.44 bits per heavy atom. The summed E-state index contributed by atoms with van der Waals surface area (Å²) in [5.41, 5.74) is 0.429. The van der Waals surface area contributed by atoms with E-state index in [-0.39, 0.29) is 11.7 Å². The SMILES string of the molecule is COc1cc(F)ccc1NC(=O)C1CNCCO1. The second-order valence-electron chi connectivity index (χ2n) is 3.90. The van der Waals surface area contributed by atoms with Crippen LogP contribution in [0, 0.1) is 5.82 Å². The molecular weight excluding hydrogens is 239 g/mol. The number of nitrogens with one attached hydrogen (secondary N) is 2. The molecule has 1 fully saturated rings. The average molecular weight is 254 g/mol. The highest BCUT2D eigenvalue weighted by Crippen LogP contribution is 2.25. The van der Waals surface area contributed by atoms with E-state index in [1.54, 1.807) is 0 Å². The van der Waals surface area contributed by atoms with Gasteiger partial charge in [-0.1, -0.05) is 0 Å². The molecule has 18 heavy (non-hydrogen) atoms. The molecule has 0 spiro atoms. The highest BCUT2D eigenvalue weighted by Gasteiger charge is 2.22. The quantitative estimate of drug-likeness (QED) is 0.836. The molecule has 1 unspecified atom stereocenters. The van der Waals surface area contributed by atoms with Crippen molar-refractivity contribution in [3.05, 3.63) is 24.0 Å². The number of methoxy groups -OCH3 is 1. The Hall–Kier alpha value is -1.66. The van der Waals surface area contributed by atoms with Gasteiger partial charge >= 0.3 is 0 Å². The number of ether oxygens (including phenoxy) is 2. The van der Waals surface area contributed by atoms with E-state index in [2.05, 4.69) is 10.6 Å². The van der Waals surface area contributed by atoms with Gasteiger partial charge in [0.1, 0.15) is 17.7 Å². The zero-order valence-electron chi connectivity index (χ0n) is 10.0. The van der Waals surface area contributed by atoms with E-state index in [9.17, 15) is 9.18 Å². The number of hydrogen-bond donors (Lipinski definition) is 2. The van der Waals surface area contributed by atoms with Crippen LogP contribution in [-0.4, -0.2) is 38.8 Å². The summed E-state index contributed by atoms with van der Waals surface area (Å²) < 4.78 is 23.3. The topological polar surface area (TPSA) is 59.6 Å². The van der Waals surface area contributed by atoms with Gasteiger partial charge in [-0.3, -0.25) is 4.79 Å². The maximum atomic E-state index is 13.0. The van der Waals surface area contributed by atoms with Crippen LogP contribution in [0.1, 0.15) is 0 Å². The first-order chi connectivity index (χ1) is 8.70. The van der Waals surface area contributed by atoms with E-state index < -0.39 is 11.9 Å². The Kier molecular flexibility index (Phi) is 4.11. The van der Waals surface area contributed by atoms with E-state index >= 15 is 0 Å². The van der Waals surface area contributed by atoms with Crippen molar-refractivity contribution in [1.82, 2.24) is 5.32 Å². The van der Waals surface area contributed by atoms with Crippen molar-refractivity contribution in [2.45, 2.75) is 6.10 Å². The molecule has 1 heterocycles. The van der Waals surface area contributed by atoms with Crippen molar-refractivity contribution in [2.24, 2.45) is 0 Å². The maximum absolute atomic E-state index is 13.0. The molecule has 2 N–H and O–H groups in total. The normalized spacial score (nSPS) is 19.3. The predicted molar refractivity (Wildman–Crippen MR) is 64.2 cm³/mol. The number of morpholine rings is 1. The van der Waals surface area contributed by atoms with Crippen LogP contribution in [0.4, 0.5) is 10.1 Å². The van der Waals surface area contributed by atoms with Crippen LogP contribution in [0.3, 0.4) is 0 Å². The summed E-state index contributed by atoms with van der Waals surface area (Å²) in [4.78, 5) is 11.9. The van der Waals surface area contributed by atoms with E-state index in [4.69, 9.17) is 9.47 Å². The molecule has 5 nitrogen and oxygen atoms in total. The van der Waals surface area contributed by atoms with Crippen LogP contribution in [0.2, 0.25) is 0 Å². The van der Waals surface area contributed by atoms with Gasteiger partial charge in [0.2, 0.25) is 0 Å². The van der Waals surface area contributed by atoms with Gasteiger partial charge in [0, 0.05) is 19.2 Å². The molecule has 1 aliphatic heterocycles.